The van der Waals surface area contributed by atoms with E-state index in [-0.39, 0.29) is 11.9 Å². The maximum Gasteiger partial charge on any atom is 0.319 e. The topological polar surface area (TPSA) is 43.9 Å². The fraction of sp³-hybridized carbons (Fsp3) is 0.556. The maximum absolute atomic E-state index is 13.2. The van der Waals surface area contributed by atoms with Gasteiger partial charge in [-0.15, -0.1) is 0 Å². The van der Waals surface area contributed by atoms with Crippen LogP contribution in [0.25, 0.3) is 0 Å². The molecule has 1 heterocycles. The van der Waals surface area contributed by atoms with E-state index in [1.165, 1.54) is 0 Å². The smallest absolute Gasteiger partial charge is 0.319 e. The Kier molecular flexibility index (Phi) is 4.72. The fourth-order valence-corrected chi connectivity index (χ4v) is 3.82. The second-order valence-electron chi connectivity index (χ2n) is 6.90. The van der Waals surface area contributed by atoms with Gasteiger partial charge in [0.15, 0.2) is 0 Å². The van der Waals surface area contributed by atoms with Gasteiger partial charge in [0.1, 0.15) is 0 Å². The summed E-state index contributed by atoms with van der Waals surface area (Å²) in [5.74, 6) is 0.188. The van der Waals surface area contributed by atoms with Crippen LogP contribution in [0.2, 0.25) is 5.02 Å². The van der Waals surface area contributed by atoms with Gasteiger partial charge in [-0.05, 0) is 30.5 Å². The van der Waals surface area contributed by atoms with Crippen LogP contribution in [0.4, 0.5) is 4.79 Å². The van der Waals surface area contributed by atoms with Crippen molar-refractivity contribution in [2.75, 3.05) is 40.3 Å². The highest BCUT2D eigenvalue weighted by atomic mass is 35.5. The van der Waals surface area contributed by atoms with Crippen LogP contribution in [-0.4, -0.2) is 66.9 Å². The van der Waals surface area contributed by atoms with E-state index in [1.807, 2.05) is 29.2 Å². The standard InChI is InChI=1S/C18H24ClN3O2/c1-20(2)17(24)22-11-9-21(10-12-22)16(23)18(7-4-8-18)14-5-3-6-15(19)13-14/h3,5-6,13H,4,7-12H2,1-2H3. The van der Waals surface area contributed by atoms with E-state index in [0.29, 0.717) is 31.2 Å². The highest BCUT2D eigenvalue weighted by Crippen LogP contribution is 2.45. The summed E-state index contributed by atoms with van der Waals surface area (Å²) in [6.07, 6.45) is 2.82. The first kappa shape index (κ1) is 17.1. The average molecular weight is 350 g/mol. The fourth-order valence-electron chi connectivity index (χ4n) is 3.63. The number of carbonyl (C=O) groups is 2. The Labute approximate surface area is 148 Å². The van der Waals surface area contributed by atoms with E-state index in [0.717, 1.165) is 24.8 Å². The van der Waals surface area contributed by atoms with Gasteiger partial charge >= 0.3 is 6.03 Å². The van der Waals surface area contributed by atoms with Gasteiger partial charge in [-0.3, -0.25) is 4.79 Å². The van der Waals surface area contributed by atoms with Crippen molar-refractivity contribution >= 4 is 23.5 Å². The van der Waals surface area contributed by atoms with Crippen molar-refractivity contribution in [2.45, 2.75) is 24.7 Å². The lowest BCUT2D eigenvalue weighted by Crippen LogP contribution is -2.58. The molecule has 0 aromatic heterocycles. The molecule has 0 unspecified atom stereocenters. The summed E-state index contributed by atoms with van der Waals surface area (Å²) in [6.45, 7) is 2.38. The Bertz CT molecular complexity index is 635. The highest BCUT2D eigenvalue weighted by molar-refractivity contribution is 6.30. The molecule has 1 saturated carbocycles. The quantitative estimate of drug-likeness (QED) is 0.823. The number of halogens is 1. The molecule has 24 heavy (non-hydrogen) atoms. The second kappa shape index (κ2) is 6.63. The highest BCUT2D eigenvalue weighted by Gasteiger charge is 2.48. The normalized spacial score (nSPS) is 19.6. The van der Waals surface area contributed by atoms with Crippen LogP contribution in [0.1, 0.15) is 24.8 Å². The molecular weight excluding hydrogens is 326 g/mol. The Morgan fingerprint density at radius 3 is 2.21 bits per heavy atom. The minimum absolute atomic E-state index is 0.00953. The number of piperazine rings is 1. The van der Waals surface area contributed by atoms with Gasteiger partial charge < -0.3 is 14.7 Å². The van der Waals surface area contributed by atoms with Gasteiger partial charge in [0.2, 0.25) is 5.91 Å². The average Bonchev–Trinajstić information content (AvgIpc) is 2.53. The molecule has 0 N–H and O–H groups in total. The zero-order valence-electron chi connectivity index (χ0n) is 14.3. The summed E-state index contributed by atoms with van der Waals surface area (Å²) in [4.78, 5) is 30.5. The Morgan fingerprint density at radius 2 is 1.71 bits per heavy atom. The van der Waals surface area contributed by atoms with Gasteiger partial charge in [-0.2, -0.15) is 0 Å². The molecule has 0 spiro atoms. The summed E-state index contributed by atoms with van der Waals surface area (Å²) in [7, 11) is 3.50. The molecule has 3 amide bonds. The number of hydrogen-bond donors (Lipinski definition) is 0. The Balaban J connectivity index is 1.71. The lowest BCUT2D eigenvalue weighted by atomic mass is 9.63. The summed E-state index contributed by atoms with van der Waals surface area (Å²) in [5.41, 5.74) is 0.608. The van der Waals surface area contributed by atoms with Crippen molar-refractivity contribution < 1.29 is 9.59 Å². The molecule has 1 aliphatic carbocycles. The van der Waals surface area contributed by atoms with Crippen molar-refractivity contribution in [3.8, 4) is 0 Å². The number of hydrogen-bond acceptors (Lipinski definition) is 2. The van der Waals surface area contributed by atoms with Crippen molar-refractivity contribution in [3.05, 3.63) is 34.9 Å². The molecule has 1 aliphatic heterocycles. The third-order valence-corrected chi connectivity index (χ3v) is 5.45. The van der Waals surface area contributed by atoms with Crippen LogP contribution in [0.15, 0.2) is 24.3 Å². The third kappa shape index (κ3) is 2.97. The van der Waals surface area contributed by atoms with Crippen LogP contribution in [0.5, 0.6) is 0 Å². The first-order chi connectivity index (χ1) is 11.4. The number of urea groups is 1. The number of carbonyl (C=O) groups excluding carboxylic acids is 2. The van der Waals surface area contributed by atoms with E-state index in [2.05, 4.69) is 0 Å². The summed E-state index contributed by atoms with van der Waals surface area (Å²) >= 11 is 6.13. The predicted molar refractivity (Wildman–Crippen MR) is 94.2 cm³/mol. The molecule has 0 radical (unpaired) electrons. The van der Waals surface area contributed by atoms with Crippen LogP contribution >= 0.6 is 11.6 Å². The molecule has 2 aliphatic rings. The lowest BCUT2D eigenvalue weighted by Gasteiger charge is -2.46. The van der Waals surface area contributed by atoms with Gasteiger partial charge in [0, 0.05) is 45.3 Å². The number of benzene rings is 1. The molecule has 0 atom stereocenters. The molecule has 2 fully saturated rings. The molecule has 6 heteroatoms. The van der Waals surface area contributed by atoms with E-state index < -0.39 is 5.41 Å². The van der Waals surface area contributed by atoms with E-state index in [4.69, 9.17) is 11.6 Å². The van der Waals surface area contributed by atoms with Crippen LogP contribution < -0.4 is 0 Å². The molecule has 130 valence electrons. The molecule has 1 aromatic rings. The van der Waals surface area contributed by atoms with E-state index in [9.17, 15) is 9.59 Å². The Hall–Kier alpha value is -1.75. The predicted octanol–water partition coefficient (Wildman–Crippen LogP) is 2.59. The van der Waals surface area contributed by atoms with E-state index in [1.54, 1.807) is 23.9 Å². The van der Waals surface area contributed by atoms with Crippen molar-refractivity contribution in [1.29, 1.82) is 0 Å². The molecule has 1 aromatic carbocycles. The molecule has 3 rings (SSSR count). The maximum atomic E-state index is 13.2. The minimum Gasteiger partial charge on any atom is -0.338 e. The Morgan fingerprint density at radius 1 is 1.08 bits per heavy atom. The van der Waals surface area contributed by atoms with Crippen LogP contribution in [-0.2, 0) is 10.2 Å². The first-order valence-electron chi connectivity index (χ1n) is 8.46. The second-order valence-corrected chi connectivity index (χ2v) is 7.34. The van der Waals surface area contributed by atoms with Gasteiger partial charge in [0.25, 0.3) is 0 Å². The zero-order valence-corrected chi connectivity index (χ0v) is 15.1. The third-order valence-electron chi connectivity index (χ3n) is 5.21. The number of amides is 3. The minimum atomic E-state index is -0.418. The first-order valence-corrected chi connectivity index (χ1v) is 8.83. The van der Waals surface area contributed by atoms with Crippen molar-refractivity contribution in [1.82, 2.24) is 14.7 Å². The van der Waals surface area contributed by atoms with Gasteiger partial charge in [0.05, 0.1) is 5.41 Å². The summed E-state index contributed by atoms with van der Waals surface area (Å²) in [6, 6.07) is 7.70. The summed E-state index contributed by atoms with van der Waals surface area (Å²) in [5, 5.41) is 0.674. The SMILES string of the molecule is CN(C)C(=O)N1CCN(C(=O)C2(c3cccc(Cl)c3)CCC2)CC1. The van der Waals surface area contributed by atoms with Gasteiger partial charge in [-0.1, -0.05) is 30.2 Å². The van der Waals surface area contributed by atoms with Crippen molar-refractivity contribution in [2.24, 2.45) is 0 Å². The molecule has 5 nitrogen and oxygen atoms in total. The molecule has 1 saturated heterocycles. The molecule has 0 bridgehead atoms. The number of nitrogens with zero attached hydrogens (tertiary/aromatic N) is 3. The lowest BCUT2D eigenvalue weighted by molar-refractivity contribution is -0.142. The monoisotopic (exact) mass is 349 g/mol. The van der Waals surface area contributed by atoms with Crippen LogP contribution in [0, 0.1) is 0 Å². The van der Waals surface area contributed by atoms with Gasteiger partial charge in [-0.25, -0.2) is 4.79 Å². The van der Waals surface area contributed by atoms with Crippen LogP contribution in [0.3, 0.4) is 0 Å². The molecular formula is C18H24ClN3O2. The largest absolute Gasteiger partial charge is 0.338 e. The zero-order chi connectivity index (χ0) is 17.3. The van der Waals surface area contributed by atoms with E-state index >= 15 is 0 Å². The number of rotatable bonds is 2. The van der Waals surface area contributed by atoms with Crippen molar-refractivity contribution in [3.63, 3.8) is 0 Å². The summed E-state index contributed by atoms with van der Waals surface area (Å²) < 4.78 is 0.